The summed E-state index contributed by atoms with van der Waals surface area (Å²) in [6, 6.07) is 0. The van der Waals surface area contributed by atoms with Gasteiger partial charge in [0.05, 0.1) is 0 Å². The molecule has 0 bridgehead atoms. The molecule has 0 unspecified atom stereocenters. The van der Waals surface area contributed by atoms with Crippen LogP contribution in [0, 0.1) is 0 Å². The van der Waals surface area contributed by atoms with Crippen LogP contribution in [0.25, 0.3) is 0 Å². The van der Waals surface area contributed by atoms with Crippen molar-refractivity contribution in [2.75, 3.05) is 0 Å². The maximum absolute atomic E-state index is 12.3. The first kappa shape index (κ1) is 5.81. The molecule has 0 radical (unpaired) electrons. The Morgan fingerprint density at radius 1 is 1.78 bits per heavy atom. The van der Waals surface area contributed by atoms with E-state index >= 15 is 0 Å². The third-order valence-corrected chi connectivity index (χ3v) is 0.866. The number of halogens is 1. The van der Waals surface area contributed by atoms with E-state index in [1.807, 2.05) is 0 Å². The average molecular weight is 127 g/mol. The van der Waals surface area contributed by atoms with Crippen molar-refractivity contribution in [1.29, 1.82) is 0 Å². The van der Waals surface area contributed by atoms with Crippen molar-refractivity contribution in [2.24, 2.45) is 10.7 Å². The fourth-order valence-electron chi connectivity index (χ4n) is 0.452. The van der Waals surface area contributed by atoms with Crippen LogP contribution in [0.3, 0.4) is 0 Å². The lowest BCUT2D eigenvalue weighted by Crippen LogP contribution is -2.20. The highest BCUT2D eigenvalue weighted by Crippen LogP contribution is 2.02. The van der Waals surface area contributed by atoms with Gasteiger partial charge in [0.1, 0.15) is 5.82 Å². The van der Waals surface area contributed by atoms with Crippen LogP contribution in [0.1, 0.15) is 0 Å². The molecule has 0 spiro atoms. The van der Waals surface area contributed by atoms with Gasteiger partial charge in [-0.1, -0.05) is 6.58 Å². The summed E-state index contributed by atoms with van der Waals surface area (Å²) >= 11 is 0. The van der Waals surface area contributed by atoms with E-state index < -0.39 is 5.83 Å². The van der Waals surface area contributed by atoms with Crippen molar-refractivity contribution in [2.45, 2.75) is 0 Å². The smallest absolute Gasteiger partial charge is 0.181 e. The average Bonchev–Trinajstić information content (AvgIpc) is 1.80. The zero-order valence-electron chi connectivity index (χ0n) is 4.69. The number of aliphatic imine (C=N–C) groups is 1. The Kier molecular flexibility index (Phi) is 1.22. The van der Waals surface area contributed by atoms with E-state index in [4.69, 9.17) is 5.73 Å². The molecule has 1 rings (SSSR count). The normalized spacial score (nSPS) is 18.1. The molecule has 9 heavy (non-hydrogen) atoms. The molecule has 0 aliphatic carbocycles. The molecule has 1 heterocycles. The highest BCUT2D eigenvalue weighted by atomic mass is 19.1. The Hall–Kier alpha value is -1.32. The van der Waals surface area contributed by atoms with Crippen molar-refractivity contribution in [3.63, 3.8) is 0 Å². The summed E-state index contributed by atoms with van der Waals surface area (Å²) in [7, 11) is 0. The lowest BCUT2D eigenvalue weighted by Gasteiger charge is -2.06. The molecule has 3 nitrogen and oxygen atoms in total. The number of hydrogen-bond donors (Lipinski definition) is 2. The number of hydrogen-bond acceptors (Lipinski definition) is 3. The van der Waals surface area contributed by atoms with Gasteiger partial charge in [0.25, 0.3) is 0 Å². The molecule has 0 aromatic carbocycles. The van der Waals surface area contributed by atoms with Gasteiger partial charge in [-0.15, -0.1) is 0 Å². The molecule has 0 fully saturated rings. The van der Waals surface area contributed by atoms with Crippen molar-refractivity contribution in [3.05, 3.63) is 24.4 Å². The molecule has 1 aliphatic rings. The molecule has 0 atom stereocenters. The fourth-order valence-corrected chi connectivity index (χ4v) is 0.452. The first-order valence-corrected chi connectivity index (χ1v) is 2.36. The lowest BCUT2D eigenvalue weighted by molar-refractivity contribution is 0.662. The van der Waals surface area contributed by atoms with Gasteiger partial charge in [-0.3, -0.25) is 0 Å². The van der Waals surface area contributed by atoms with Gasteiger partial charge >= 0.3 is 0 Å². The van der Waals surface area contributed by atoms with Crippen molar-refractivity contribution in [1.82, 2.24) is 5.32 Å². The highest BCUT2D eigenvalue weighted by Gasteiger charge is 2.05. The Morgan fingerprint density at radius 2 is 2.44 bits per heavy atom. The molecule has 0 aromatic rings. The SMILES string of the molecule is C=C1N=C(N)C(F)=CN1. The van der Waals surface area contributed by atoms with Crippen LogP contribution in [0.2, 0.25) is 0 Å². The van der Waals surface area contributed by atoms with Gasteiger partial charge in [-0.25, -0.2) is 9.38 Å². The Bertz CT molecular complexity index is 204. The maximum atomic E-state index is 12.3. The van der Waals surface area contributed by atoms with E-state index in [0.717, 1.165) is 6.20 Å². The summed E-state index contributed by atoms with van der Waals surface area (Å²) in [6.45, 7) is 3.41. The lowest BCUT2D eigenvalue weighted by atomic mass is 10.4. The molecule has 3 N–H and O–H groups in total. The zero-order chi connectivity index (χ0) is 6.85. The van der Waals surface area contributed by atoms with E-state index in [1.54, 1.807) is 0 Å². The number of nitrogens with zero attached hydrogens (tertiary/aromatic N) is 1. The van der Waals surface area contributed by atoms with Gasteiger partial charge in [0.2, 0.25) is 0 Å². The molecule has 0 amide bonds. The van der Waals surface area contributed by atoms with E-state index in [9.17, 15) is 4.39 Å². The molecule has 48 valence electrons. The third kappa shape index (κ3) is 1.07. The fraction of sp³-hybridized carbons (Fsp3) is 0. The molecular weight excluding hydrogens is 121 g/mol. The minimum atomic E-state index is -0.553. The Morgan fingerprint density at radius 3 is 2.89 bits per heavy atom. The molecule has 4 heteroatoms. The van der Waals surface area contributed by atoms with Gasteiger partial charge in [0.15, 0.2) is 11.7 Å². The molecule has 0 saturated carbocycles. The van der Waals surface area contributed by atoms with E-state index in [0.29, 0.717) is 5.82 Å². The standard InChI is InChI=1S/C5H6FN3/c1-3-8-2-4(6)5(7)9-3/h2,8H,1H2,(H2,7,9). The second-order valence-corrected chi connectivity index (χ2v) is 1.58. The molecule has 1 aliphatic heterocycles. The predicted molar refractivity (Wildman–Crippen MR) is 33.1 cm³/mol. The monoisotopic (exact) mass is 127 g/mol. The predicted octanol–water partition coefficient (Wildman–Crippen LogP) is 0.229. The van der Waals surface area contributed by atoms with E-state index in [1.165, 1.54) is 0 Å². The molecule has 0 aromatic heterocycles. The quantitative estimate of drug-likeness (QED) is 0.489. The van der Waals surface area contributed by atoms with Gasteiger partial charge in [-0.05, 0) is 0 Å². The summed E-state index contributed by atoms with van der Waals surface area (Å²) in [5.41, 5.74) is 5.07. The molecular formula is C5H6FN3. The second kappa shape index (κ2) is 1.89. The summed E-state index contributed by atoms with van der Waals surface area (Å²) in [5.74, 6) is -0.324. The van der Waals surface area contributed by atoms with Gasteiger partial charge in [-0.2, -0.15) is 0 Å². The highest BCUT2D eigenvalue weighted by molar-refractivity contribution is 5.96. The largest absolute Gasteiger partial charge is 0.381 e. The van der Waals surface area contributed by atoms with Gasteiger partial charge < -0.3 is 11.1 Å². The second-order valence-electron chi connectivity index (χ2n) is 1.58. The number of amidine groups is 1. The topological polar surface area (TPSA) is 50.4 Å². The van der Waals surface area contributed by atoms with Crippen LogP contribution in [0.5, 0.6) is 0 Å². The van der Waals surface area contributed by atoms with Crippen LogP contribution in [-0.4, -0.2) is 5.84 Å². The van der Waals surface area contributed by atoms with Crippen LogP contribution in [-0.2, 0) is 0 Å². The summed E-state index contributed by atoms with van der Waals surface area (Å²) in [6.07, 6.45) is 1.12. The number of rotatable bonds is 0. The van der Waals surface area contributed by atoms with E-state index in [2.05, 4.69) is 16.9 Å². The first-order valence-electron chi connectivity index (χ1n) is 2.36. The Labute approximate surface area is 51.8 Å². The van der Waals surface area contributed by atoms with Crippen LogP contribution < -0.4 is 11.1 Å². The minimum absolute atomic E-state index is 0.126. The maximum Gasteiger partial charge on any atom is 0.181 e. The summed E-state index contributed by atoms with van der Waals surface area (Å²) < 4.78 is 12.3. The van der Waals surface area contributed by atoms with Crippen molar-refractivity contribution in [3.8, 4) is 0 Å². The summed E-state index contributed by atoms with van der Waals surface area (Å²) in [5, 5.41) is 2.46. The van der Waals surface area contributed by atoms with Crippen LogP contribution in [0.4, 0.5) is 4.39 Å². The Balaban J connectivity index is 2.87. The number of nitrogens with two attached hydrogens (primary N) is 1. The zero-order valence-corrected chi connectivity index (χ0v) is 4.69. The minimum Gasteiger partial charge on any atom is -0.381 e. The van der Waals surface area contributed by atoms with Crippen molar-refractivity contribution >= 4 is 5.84 Å². The first-order chi connectivity index (χ1) is 4.20. The summed E-state index contributed by atoms with van der Waals surface area (Å²) in [4.78, 5) is 3.51. The third-order valence-electron chi connectivity index (χ3n) is 0.866. The van der Waals surface area contributed by atoms with Crippen LogP contribution in [0.15, 0.2) is 29.4 Å². The van der Waals surface area contributed by atoms with Crippen LogP contribution >= 0.6 is 0 Å². The van der Waals surface area contributed by atoms with Crippen molar-refractivity contribution < 1.29 is 4.39 Å². The molecule has 0 saturated heterocycles. The van der Waals surface area contributed by atoms with E-state index in [-0.39, 0.29) is 5.84 Å². The number of nitrogens with one attached hydrogen (secondary N) is 1. The van der Waals surface area contributed by atoms with Gasteiger partial charge in [0, 0.05) is 6.20 Å².